The molecule has 0 spiro atoms. The van der Waals surface area contributed by atoms with Crippen molar-refractivity contribution in [1.82, 2.24) is 0 Å². The third kappa shape index (κ3) is 15.0. The molecule has 0 fully saturated rings. The maximum atomic E-state index is 10.2. The Morgan fingerprint density at radius 1 is 0.594 bits per heavy atom. The second-order valence-corrected chi connectivity index (χ2v) is 8.08. The summed E-state index contributed by atoms with van der Waals surface area (Å²) in [5, 5.41) is 6.57. The second kappa shape index (κ2) is 15.1. The van der Waals surface area contributed by atoms with E-state index in [0.717, 1.165) is 11.4 Å². The molecule has 0 aliphatic rings. The van der Waals surface area contributed by atoms with Gasteiger partial charge in [0.15, 0.2) is 0 Å². The molecule has 0 atom stereocenters. The van der Waals surface area contributed by atoms with Crippen molar-refractivity contribution in [3.05, 3.63) is 48.5 Å². The van der Waals surface area contributed by atoms with Gasteiger partial charge in [0.2, 0.25) is 20.6 Å². The monoisotopic (exact) mass is 502 g/mol. The standard InChI is InChI=1S/2C8H11N3O3S.2Na/c2*1-11(2)8-5-3-7(4-6-8)9-10-15(12,13)14;;/h2*3-6H,1-2H3,(H,12,13,14);;/q;;2*+1/p-2. The Morgan fingerprint density at radius 3 is 1.03 bits per heavy atom. The summed E-state index contributed by atoms with van der Waals surface area (Å²) in [6.45, 7) is 0. The predicted octanol–water partition coefficient (Wildman–Crippen LogP) is -3.40. The topological polar surface area (TPSA) is 170 Å². The van der Waals surface area contributed by atoms with Crippen LogP contribution in [0.3, 0.4) is 0 Å². The van der Waals surface area contributed by atoms with Crippen molar-refractivity contribution in [2.24, 2.45) is 19.3 Å². The van der Waals surface area contributed by atoms with Crippen LogP contribution in [0.15, 0.2) is 67.8 Å². The van der Waals surface area contributed by atoms with Gasteiger partial charge in [-0.15, -0.1) is 10.2 Å². The van der Waals surface area contributed by atoms with Crippen LogP contribution in [0.2, 0.25) is 0 Å². The summed E-state index contributed by atoms with van der Waals surface area (Å²) in [5.74, 6) is 0. The Balaban J connectivity index is 0. The summed E-state index contributed by atoms with van der Waals surface area (Å²) in [4.78, 5) is 3.76. The minimum absolute atomic E-state index is 0. The molecule has 0 radical (unpaired) electrons. The molecule has 0 unspecified atom stereocenters. The first kappa shape index (κ1) is 33.2. The van der Waals surface area contributed by atoms with Gasteiger partial charge >= 0.3 is 59.1 Å². The Morgan fingerprint density at radius 2 is 0.844 bits per heavy atom. The maximum Gasteiger partial charge on any atom is 1.00 e. The molecular weight excluding hydrogens is 482 g/mol. The third-order valence-corrected chi connectivity index (χ3v) is 3.81. The van der Waals surface area contributed by atoms with E-state index >= 15 is 0 Å². The molecule has 0 bridgehead atoms. The zero-order chi connectivity index (χ0) is 22.9. The molecular formula is C16H20N6Na2O6S2. The molecule has 12 nitrogen and oxygen atoms in total. The predicted molar refractivity (Wildman–Crippen MR) is 110 cm³/mol. The molecule has 0 N–H and O–H groups in total. The van der Waals surface area contributed by atoms with Crippen molar-refractivity contribution in [3.8, 4) is 0 Å². The summed E-state index contributed by atoms with van der Waals surface area (Å²) < 4.78 is 66.2. The van der Waals surface area contributed by atoms with Crippen LogP contribution >= 0.6 is 0 Å². The number of anilines is 2. The first-order valence-electron chi connectivity index (χ1n) is 8.09. The van der Waals surface area contributed by atoms with Crippen molar-refractivity contribution >= 4 is 43.4 Å². The Bertz CT molecular complexity index is 1000. The van der Waals surface area contributed by atoms with Gasteiger partial charge in [-0.1, -0.05) is 9.04 Å². The molecule has 0 aliphatic heterocycles. The van der Waals surface area contributed by atoms with Crippen LogP contribution in [0, 0.1) is 0 Å². The van der Waals surface area contributed by atoms with Gasteiger partial charge in [-0.3, -0.25) is 0 Å². The van der Waals surface area contributed by atoms with Gasteiger partial charge in [-0.05, 0) is 48.5 Å². The number of nitrogens with zero attached hydrogens (tertiary/aromatic N) is 6. The molecule has 0 aromatic heterocycles. The van der Waals surface area contributed by atoms with Crippen molar-refractivity contribution in [1.29, 1.82) is 0 Å². The average Bonchev–Trinajstić information content (AvgIpc) is 2.65. The fraction of sp³-hybridized carbons (Fsp3) is 0.250. The first-order chi connectivity index (χ1) is 13.8. The summed E-state index contributed by atoms with van der Waals surface area (Å²) in [6, 6.07) is 13.3. The van der Waals surface area contributed by atoms with Gasteiger partial charge in [0, 0.05) is 39.6 Å². The quantitative estimate of drug-likeness (QED) is 0.224. The smallest absolute Gasteiger partial charge is 0.728 e. The van der Waals surface area contributed by atoms with Crippen molar-refractivity contribution < 1.29 is 85.1 Å². The van der Waals surface area contributed by atoms with Gasteiger partial charge < -0.3 is 18.9 Å². The molecule has 0 heterocycles. The fourth-order valence-corrected chi connectivity index (χ4v) is 2.22. The molecule has 164 valence electrons. The van der Waals surface area contributed by atoms with E-state index in [9.17, 15) is 25.9 Å². The average molecular weight is 502 g/mol. The van der Waals surface area contributed by atoms with Gasteiger partial charge in [0.05, 0.1) is 11.4 Å². The normalized spacial score (nSPS) is 11.2. The fourth-order valence-electron chi connectivity index (χ4n) is 1.83. The zero-order valence-corrected chi connectivity index (χ0v) is 24.2. The van der Waals surface area contributed by atoms with Gasteiger partial charge in [-0.2, -0.15) is 0 Å². The molecule has 2 rings (SSSR count). The van der Waals surface area contributed by atoms with Gasteiger partial charge in [0.25, 0.3) is 0 Å². The van der Waals surface area contributed by atoms with Crippen LogP contribution in [0.4, 0.5) is 22.7 Å². The third-order valence-electron chi connectivity index (χ3n) is 3.24. The number of hydrogen-bond donors (Lipinski definition) is 0. The van der Waals surface area contributed by atoms with E-state index in [1.165, 1.54) is 0 Å². The van der Waals surface area contributed by atoms with Crippen LogP contribution in [0.5, 0.6) is 0 Å². The van der Waals surface area contributed by atoms with Crippen LogP contribution in [0.25, 0.3) is 0 Å². The van der Waals surface area contributed by atoms with E-state index in [2.05, 4.69) is 19.3 Å². The minimum atomic E-state index is -4.65. The van der Waals surface area contributed by atoms with Crippen molar-refractivity contribution in [2.75, 3.05) is 38.0 Å². The maximum absolute atomic E-state index is 10.2. The number of rotatable bonds is 6. The molecule has 32 heavy (non-hydrogen) atoms. The van der Waals surface area contributed by atoms with E-state index in [4.69, 9.17) is 0 Å². The Labute approximate surface area is 232 Å². The molecule has 0 saturated carbocycles. The second-order valence-electron chi connectivity index (χ2n) is 6.04. The Kier molecular flexibility index (Phi) is 15.6. The molecule has 16 heteroatoms. The van der Waals surface area contributed by atoms with E-state index in [1.54, 1.807) is 48.5 Å². The van der Waals surface area contributed by atoms with Gasteiger partial charge in [-0.25, -0.2) is 16.8 Å². The molecule has 0 aliphatic carbocycles. The van der Waals surface area contributed by atoms with E-state index in [0.29, 0.717) is 11.4 Å². The first-order valence-corrected chi connectivity index (χ1v) is 10.8. The van der Waals surface area contributed by atoms with E-state index in [1.807, 2.05) is 38.0 Å². The summed E-state index contributed by atoms with van der Waals surface area (Å²) in [6.07, 6.45) is 0. The number of benzene rings is 2. The zero-order valence-electron chi connectivity index (χ0n) is 18.6. The van der Waals surface area contributed by atoms with Crippen LogP contribution in [-0.2, 0) is 20.6 Å². The molecule has 2 aromatic rings. The van der Waals surface area contributed by atoms with Crippen LogP contribution < -0.4 is 68.9 Å². The SMILES string of the molecule is CN(C)c1ccc(N=NS(=O)(=O)[O-])cc1.CN(C)c1ccc(N=NS(=O)(=O)[O-])cc1.[Na+].[Na+]. The minimum Gasteiger partial charge on any atom is -0.728 e. The summed E-state index contributed by atoms with van der Waals surface area (Å²) in [7, 11) is -1.81. The summed E-state index contributed by atoms with van der Waals surface area (Å²) in [5.41, 5.74) is 2.53. The number of hydrogen-bond acceptors (Lipinski definition) is 10. The van der Waals surface area contributed by atoms with Crippen LogP contribution in [0.1, 0.15) is 0 Å². The molecule has 0 saturated heterocycles. The van der Waals surface area contributed by atoms with E-state index < -0.39 is 20.6 Å². The van der Waals surface area contributed by atoms with Crippen LogP contribution in [-0.4, -0.2) is 54.1 Å². The largest absolute Gasteiger partial charge is 1.00 e. The van der Waals surface area contributed by atoms with Crippen molar-refractivity contribution in [3.63, 3.8) is 0 Å². The summed E-state index contributed by atoms with van der Waals surface area (Å²) >= 11 is 0. The van der Waals surface area contributed by atoms with E-state index in [-0.39, 0.29) is 59.1 Å². The molecule has 2 aromatic carbocycles. The van der Waals surface area contributed by atoms with Crippen molar-refractivity contribution in [2.45, 2.75) is 0 Å². The Hall–Kier alpha value is -0.940. The van der Waals surface area contributed by atoms with Gasteiger partial charge in [0.1, 0.15) is 0 Å². The molecule has 0 amide bonds.